The van der Waals surface area contributed by atoms with Gasteiger partial charge in [-0.25, -0.2) is 9.37 Å². The molecule has 13 heavy (non-hydrogen) atoms. The van der Waals surface area contributed by atoms with Gasteiger partial charge < -0.3 is 15.6 Å². The van der Waals surface area contributed by atoms with Crippen LogP contribution in [0.3, 0.4) is 0 Å². The van der Waals surface area contributed by atoms with E-state index < -0.39 is 11.9 Å². The van der Waals surface area contributed by atoms with Crippen molar-refractivity contribution in [2.75, 3.05) is 13.7 Å². The summed E-state index contributed by atoms with van der Waals surface area (Å²) in [7, 11) is 1.42. The first-order valence-electron chi connectivity index (χ1n) is 3.77. The van der Waals surface area contributed by atoms with E-state index >= 15 is 0 Å². The van der Waals surface area contributed by atoms with Crippen LogP contribution in [0, 0.1) is 5.82 Å². The van der Waals surface area contributed by atoms with Crippen molar-refractivity contribution in [3.63, 3.8) is 0 Å². The van der Waals surface area contributed by atoms with E-state index in [4.69, 9.17) is 10.5 Å². The molecule has 5 heteroatoms. The number of nitrogens with two attached hydrogens (primary N) is 1. The molecule has 1 unspecified atom stereocenters. The van der Waals surface area contributed by atoms with Crippen molar-refractivity contribution in [1.82, 2.24) is 4.98 Å². The van der Waals surface area contributed by atoms with E-state index in [1.54, 1.807) is 0 Å². The maximum absolute atomic E-state index is 13.0. The van der Waals surface area contributed by atoms with Gasteiger partial charge in [0.05, 0.1) is 7.11 Å². The molecule has 0 aliphatic heterocycles. The number of aliphatic hydroxyl groups is 1. The SMILES string of the molecule is COc1ccc(F)c(C(O)CN)n1. The molecule has 0 aliphatic carbocycles. The van der Waals surface area contributed by atoms with E-state index in [0.717, 1.165) is 0 Å². The van der Waals surface area contributed by atoms with Gasteiger partial charge in [-0.2, -0.15) is 0 Å². The first-order chi connectivity index (χ1) is 6.19. The summed E-state index contributed by atoms with van der Waals surface area (Å²) in [4.78, 5) is 3.73. The van der Waals surface area contributed by atoms with Gasteiger partial charge in [0.2, 0.25) is 5.88 Å². The molecule has 1 aromatic heterocycles. The number of aliphatic hydroxyl groups excluding tert-OH is 1. The second-order valence-corrected chi connectivity index (χ2v) is 2.47. The van der Waals surface area contributed by atoms with E-state index in [1.807, 2.05) is 0 Å². The van der Waals surface area contributed by atoms with Crippen LogP contribution in [0.5, 0.6) is 5.88 Å². The Morgan fingerprint density at radius 3 is 2.92 bits per heavy atom. The number of hydrogen-bond acceptors (Lipinski definition) is 4. The zero-order valence-electron chi connectivity index (χ0n) is 7.20. The number of ether oxygens (including phenoxy) is 1. The second-order valence-electron chi connectivity index (χ2n) is 2.47. The molecule has 0 radical (unpaired) electrons. The maximum Gasteiger partial charge on any atom is 0.213 e. The first kappa shape index (κ1) is 9.88. The van der Waals surface area contributed by atoms with Crippen LogP contribution >= 0.6 is 0 Å². The van der Waals surface area contributed by atoms with Crippen molar-refractivity contribution in [3.05, 3.63) is 23.6 Å². The minimum Gasteiger partial charge on any atom is -0.481 e. The van der Waals surface area contributed by atoms with Gasteiger partial charge in [-0.3, -0.25) is 0 Å². The van der Waals surface area contributed by atoms with Crippen LogP contribution in [-0.4, -0.2) is 23.7 Å². The molecule has 72 valence electrons. The van der Waals surface area contributed by atoms with Gasteiger partial charge in [0.1, 0.15) is 17.6 Å². The summed E-state index contributed by atoms with van der Waals surface area (Å²) in [6, 6.07) is 2.56. The maximum atomic E-state index is 13.0. The third-order valence-electron chi connectivity index (χ3n) is 1.60. The van der Waals surface area contributed by atoms with E-state index in [0.29, 0.717) is 0 Å². The zero-order chi connectivity index (χ0) is 9.84. The molecule has 1 aromatic rings. The molecule has 0 aromatic carbocycles. The molecule has 4 nitrogen and oxygen atoms in total. The van der Waals surface area contributed by atoms with Gasteiger partial charge in [-0.1, -0.05) is 0 Å². The molecule has 0 saturated heterocycles. The lowest BCUT2D eigenvalue weighted by Crippen LogP contribution is -2.14. The fourth-order valence-corrected chi connectivity index (χ4v) is 0.898. The van der Waals surface area contributed by atoms with Crippen molar-refractivity contribution < 1.29 is 14.2 Å². The smallest absolute Gasteiger partial charge is 0.213 e. The summed E-state index contributed by atoms with van der Waals surface area (Å²) in [5, 5.41) is 9.25. The highest BCUT2D eigenvalue weighted by atomic mass is 19.1. The molecule has 1 atom stereocenters. The molecule has 0 saturated carbocycles. The van der Waals surface area contributed by atoms with Crippen LogP contribution < -0.4 is 10.5 Å². The van der Waals surface area contributed by atoms with Crippen molar-refractivity contribution in [2.45, 2.75) is 6.10 Å². The standard InChI is InChI=1S/C8H11FN2O2/c1-13-7-3-2-5(9)8(11-7)6(12)4-10/h2-3,6,12H,4,10H2,1H3. The van der Waals surface area contributed by atoms with Crippen molar-refractivity contribution in [3.8, 4) is 5.88 Å². The number of aromatic nitrogens is 1. The quantitative estimate of drug-likeness (QED) is 0.708. The third kappa shape index (κ3) is 2.13. The van der Waals surface area contributed by atoms with Gasteiger partial charge >= 0.3 is 0 Å². The summed E-state index contributed by atoms with van der Waals surface area (Å²) >= 11 is 0. The van der Waals surface area contributed by atoms with Crippen molar-refractivity contribution >= 4 is 0 Å². The van der Waals surface area contributed by atoms with Crippen molar-refractivity contribution in [2.24, 2.45) is 5.73 Å². The van der Waals surface area contributed by atoms with Gasteiger partial charge in [0.15, 0.2) is 0 Å². The van der Waals surface area contributed by atoms with Gasteiger partial charge in [0.25, 0.3) is 0 Å². The number of nitrogens with zero attached hydrogens (tertiary/aromatic N) is 1. The predicted octanol–water partition coefficient (Wildman–Crippen LogP) is 0.221. The molecule has 0 aliphatic rings. The molecule has 0 fully saturated rings. The topological polar surface area (TPSA) is 68.4 Å². The highest BCUT2D eigenvalue weighted by Gasteiger charge is 2.13. The zero-order valence-corrected chi connectivity index (χ0v) is 7.20. The van der Waals surface area contributed by atoms with Crippen molar-refractivity contribution in [1.29, 1.82) is 0 Å². The lowest BCUT2D eigenvalue weighted by atomic mass is 10.2. The Morgan fingerprint density at radius 1 is 1.69 bits per heavy atom. The van der Waals surface area contributed by atoms with E-state index in [9.17, 15) is 9.50 Å². The average Bonchev–Trinajstić information content (AvgIpc) is 2.17. The number of halogens is 1. The fraction of sp³-hybridized carbons (Fsp3) is 0.375. The monoisotopic (exact) mass is 186 g/mol. The van der Waals surface area contributed by atoms with Gasteiger partial charge in [-0.05, 0) is 6.07 Å². The molecule has 0 amide bonds. The van der Waals surface area contributed by atoms with Crippen LogP contribution in [0.4, 0.5) is 4.39 Å². The van der Waals surface area contributed by atoms with E-state index in [1.165, 1.54) is 19.2 Å². The highest BCUT2D eigenvalue weighted by molar-refractivity contribution is 5.19. The Labute approximate surface area is 75.2 Å². The van der Waals surface area contributed by atoms with Crippen LogP contribution in [0.25, 0.3) is 0 Å². The predicted molar refractivity (Wildman–Crippen MR) is 44.8 cm³/mol. The number of pyridine rings is 1. The minimum atomic E-state index is -1.09. The van der Waals surface area contributed by atoms with Crippen LogP contribution in [-0.2, 0) is 0 Å². The largest absolute Gasteiger partial charge is 0.481 e. The Hall–Kier alpha value is -1.20. The Kier molecular flexibility index (Phi) is 3.16. The molecular weight excluding hydrogens is 175 g/mol. The molecule has 1 rings (SSSR count). The normalized spacial score (nSPS) is 12.6. The average molecular weight is 186 g/mol. The van der Waals surface area contributed by atoms with E-state index in [-0.39, 0.29) is 18.1 Å². The summed E-state index contributed by atoms with van der Waals surface area (Å²) in [5.41, 5.74) is 5.09. The molecular formula is C8H11FN2O2. The highest BCUT2D eigenvalue weighted by Crippen LogP contribution is 2.17. The fourth-order valence-electron chi connectivity index (χ4n) is 0.898. The lowest BCUT2D eigenvalue weighted by molar-refractivity contribution is 0.175. The Morgan fingerprint density at radius 2 is 2.38 bits per heavy atom. The summed E-state index contributed by atoms with van der Waals surface area (Å²) in [5.74, 6) is -0.331. The summed E-state index contributed by atoms with van der Waals surface area (Å²) in [6.07, 6.45) is -1.09. The molecule has 0 bridgehead atoms. The van der Waals surface area contributed by atoms with Crippen LogP contribution in [0.15, 0.2) is 12.1 Å². The number of hydrogen-bond donors (Lipinski definition) is 2. The second kappa shape index (κ2) is 4.15. The van der Waals surface area contributed by atoms with Crippen LogP contribution in [0.1, 0.15) is 11.8 Å². The van der Waals surface area contributed by atoms with Gasteiger partial charge in [-0.15, -0.1) is 0 Å². The molecule has 1 heterocycles. The third-order valence-corrected chi connectivity index (χ3v) is 1.60. The molecule has 3 N–H and O–H groups in total. The Balaban J connectivity index is 3.03. The summed E-state index contributed by atoms with van der Waals surface area (Å²) in [6.45, 7) is -0.0723. The lowest BCUT2D eigenvalue weighted by Gasteiger charge is -2.09. The van der Waals surface area contributed by atoms with E-state index in [2.05, 4.69) is 4.98 Å². The van der Waals surface area contributed by atoms with Gasteiger partial charge in [0, 0.05) is 12.6 Å². The van der Waals surface area contributed by atoms with Crippen LogP contribution in [0.2, 0.25) is 0 Å². The Bertz CT molecular complexity index is 293. The summed E-state index contributed by atoms with van der Waals surface area (Å²) < 4.78 is 17.8. The first-order valence-corrected chi connectivity index (χ1v) is 3.77. The minimum absolute atomic E-state index is 0.0723. The number of rotatable bonds is 3. The number of methoxy groups -OCH3 is 1. The molecule has 0 spiro atoms.